The van der Waals surface area contributed by atoms with Crippen LogP contribution in [-0.2, 0) is 4.79 Å². The normalized spacial score (nSPS) is 10.7. The molecule has 0 aliphatic heterocycles. The highest BCUT2D eigenvalue weighted by Gasteiger charge is 2.05. The van der Waals surface area contributed by atoms with Crippen LogP contribution in [0.15, 0.2) is 29.7 Å². The van der Waals surface area contributed by atoms with E-state index in [4.69, 9.17) is 9.47 Å². The molecule has 0 aliphatic rings. The van der Waals surface area contributed by atoms with Crippen molar-refractivity contribution in [1.29, 1.82) is 0 Å². The summed E-state index contributed by atoms with van der Waals surface area (Å²) in [7, 11) is 1.59. The number of methoxy groups -OCH3 is 1. The van der Waals surface area contributed by atoms with Crippen LogP contribution in [0.5, 0.6) is 11.5 Å². The van der Waals surface area contributed by atoms with Crippen molar-refractivity contribution in [3.8, 4) is 11.5 Å². The summed E-state index contributed by atoms with van der Waals surface area (Å²) < 4.78 is 10.7. The van der Waals surface area contributed by atoms with Crippen LogP contribution in [0.3, 0.4) is 0 Å². The molecule has 0 saturated carbocycles. The van der Waals surface area contributed by atoms with Gasteiger partial charge in [-0.3, -0.25) is 10.1 Å². The number of hydrogen-bond acceptors (Lipinski definition) is 5. The zero-order valence-corrected chi connectivity index (χ0v) is 13.6. The second kappa shape index (κ2) is 7.61. The van der Waals surface area contributed by atoms with E-state index in [0.29, 0.717) is 23.2 Å². The number of amides is 1. The average molecular weight is 318 g/mol. The van der Waals surface area contributed by atoms with Gasteiger partial charge in [0.25, 0.3) is 0 Å². The van der Waals surface area contributed by atoms with Gasteiger partial charge in [-0.05, 0) is 37.6 Å². The van der Waals surface area contributed by atoms with Gasteiger partial charge < -0.3 is 9.47 Å². The van der Waals surface area contributed by atoms with Gasteiger partial charge in [-0.2, -0.15) is 0 Å². The van der Waals surface area contributed by atoms with Crippen molar-refractivity contribution >= 4 is 28.5 Å². The molecule has 0 fully saturated rings. The van der Waals surface area contributed by atoms with Gasteiger partial charge in [0.2, 0.25) is 5.91 Å². The predicted molar refractivity (Wildman–Crippen MR) is 88.7 cm³/mol. The number of carbonyl (C=O) groups is 1. The van der Waals surface area contributed by atoms with Gasteiger partial charge in [-0.15, -0.1) is 11.3 Å². The van der Waals surface area contributed by atoms with Gasteiger partial charge in [0.15, 0.2) is 16.6 Å². The standard InChI is InChI=1S/C16H18N2O3S/c1-4-21-13-7-5-12(9-14(13)20-3)6-8-15(19)18-16-17-11(2)10-22-16/h5-10H,4H2,1-3H3,(H,17,18,19)/b8-6+. The van der Waals surface area contributed by atoms with Crippen LogP contribution in [0.2, 0.25) is 0 Å². The molecular formula is C16H18N2O3S. The molecule has 22 heavy (non-hydrogen) atoms. The van der Waals surface area contributed by atoms with Crippen LogP contribution < -0.4 is 14.8 Å². The molecule has 5 nitrogen and oxygen atoms in total. The third kappa shape index (κ3) is 4.33. The maximum atomic E-state index is 11.8. The fraction of sp³-hybridized carbons (Fsp3) is 0.250. The van der Waals surface area contributed by atoms with E-state index in [0.717, 1.165) is 11.3 Å². The number of benzene rings is 1. The third-order valence-electron chi connectivity index (χ3n) is 2.76. The summed E-state index contributed by atoms with van der Waals surface area (Å²) in [5, 5.41) is 5.20. The molecule has 1 aromatic heterocycles. The number of nitrogens with zero attached hydrogens (tertiary/aromatic N) is 1. The maximum absolute atomic E-state index is 11.8. The van der Waals surface area contributed by atoms with Crippen molar-refractivity contribution in [2.75, 3.05) is 19.0 Å². The Labute approximate surface area is 133 Å². The number of rotatable bonds is 6. The summed E-state index contributed by atoms with van der Waals surface area (Å²) in [6, 6.07) is 5.51. The topological polar surface area (TPSA) is 60.5 Å². The first kappa shape index (κ1) is 16.0. The van der Waals surface area contributed by atoms with Crippen LogP contribution in [0, 0.1) is 6.92 Å². The third-order valence-corrected chi connectivity index (χ3v) is 3.64. The lowest BCUT2D eigenvalue weighted by Crippen LogP contribution is -2.07. The van der Waals surface area contributed by atoms with E-state index >= 15 is 0 Å². The molecule has 0 aliphatic carbocycles. The molecule has 0 saturated heterocycles. The summed E-state index contributed by atoms with van der Waals surface area (Å²) in [6.07, 6.45) is 3.18. The minimum absolute atomic E-state index is 0.220. The summed E-state index contributed by atoms with van der Waals surface area (Å²) >= 11 is 1.40. The van der Waals surface area contributed by atoms with E-state index in [1.807, 2.05) is 37.4 Å². The molecule has 1 aromatic carbocycles. The lowest BCUT2D eigenvalue weighted by atomic mass is 10.2. The van der Waals surface area contributed by atoms with Gasteiger partial charge in [0.1, 0.15) is 0 Å². The van der Waals surface area contributed by atoms with E-state index in [9.17, 15) is 4.79 Å². The minimum atomic E-state index is -0.220. The molecule has 2 rings (SSSR count). The number of ether oxygens (including phenoxy) is 2. The molecule has 0 spiro atoms. The Kier molecular flexibility index (Phi) is 5.55. The van der Waals surface area contributed by atoms with Gasteiger partial charge in [0, 0.05) is 11.5 Å². The molecule has 0 radical (unpaired) electrons. The van der Waals surface area contributed by atoms with Crippen LogP contribution in [0.1, 0.15) is 18.2 Å². The molecule has 0 bridgehead atoms. The smallest absolute Gasteiger partial charge is 0.250 e. The highest BCUT2D eigenvalue weighted by atomic mass is 32.1. The van der Waals surface area contributed by atoms with Crippen LogP contribution >= 0.6 is 11.3 Å². The molecule has 6 heteroatoms. The van der Waals surface area contributed by atoms with Crippen molar-refractivity contribution in [3.63, 3.8) is 0 Å². The first-order chi connectivity index (χ1) is 10.6. The number of nitrogens with one attached hydrogen (secondary N) is 1. The fourth-order valence-corrected chi connectivity index (χ4v) is 2.48. The predicted octanol–water partition coefficient (Wildman–Crippen LogP) is 3.51. The van der Waals surface area contributed by atoms with Gasteiger partial charge in [-0.25, -0.2) is 4.98 Å². The van der Waals surface area contributed by atoms with Gasteiger partial charge >= 0.3 is 0 Å². The van der Waals surface area contributed by atoms with Gasteiger partial charge in [-0.1, -0.05) is 6.07 Å². The molecule has 0 unspecified atom stereocenters. The highest BCUT2D eigenvalue weighted by Crippen LogP contribution is 2.28. The Morgan fingerprint density at radius 1 is 1.41 bits per heavy atom. The van der Waals surface area contributed by atoms with Crippen LogP contribution in [0.25, 0.3) is 6.08 Å². The summed E-state index contributed by atoms with van der Waals surface area (Å²) in [5.74, 6) is 1.10. The number of carbonyl (C=O) groups excluding carboxylic acids is 1. The van der Waals surface area contributed by atoms with Crippen LogP contribution in [0.4, 0.5) is 5.13 Å². The zero-order valence-electron chi connectivity index (χ0n) is 12.8. The average Bonchev–Trinajstić information content (AvgIpc) is 2.91. The Hall–Kier alpha value is -2.34. The van der Waals surface area contributed by atoms with Crippen molar-refractivity contribution < 1.29 is 14.3 Å². The monoisotopic (exact) mass is 318 g/mol. The maximum Gasteiger partial charge on any atom is 0.250 e. The molecule has 1 N–H and O–H groups in total. The first-order valence-corrected chi connectivity index (χ1v) is 7.72. The van der Waals surface area contributed by atoms with Crippen molar-refractivity contribution in [1.82, 2.24) is 4.98 Å². The van der Waals surface area contributed by atoms with Crippen molar-refractivity contribution in [2.45, 2.75) is 13.8 Å². The van der Waals surface area contributed by atoms with E-state index < -0.39 is 0 Å². The quantitative estimate of drug-likeness (QED) is 0.828. The van der Waals surface area contributed by atoms with E-state index in [-0.39, 0.29) is 5.91 Å². The zero-order chi connectivity index (χ0) is 15.9. The lowest BCUT2D eigenvalue weighted by Gasteiger charge is -2.09. The second-order valence-electron chi connectivity index (χ2n) is 4.46. The summed E-state index contributed by atoms with van der Waals surface area (Å²) in [4.78, 5) is 16.0. The second-order valence-corrected chi connectivity index (χ2v) is 5.32. The SMILES string of the molecule is CCOc1ccc(/C=C/C(=O)Nc2nc(C)cs2)cc1OC. The summed E-state index contributed by atoms with van der Waals surface area (Å²) in [5.41, 5.74) is 1.74. The Balaban J connectivity index is 2.04. The van der Waals surface area contributed by atoms with E-state index in [2.05, 4.69) is 10.3 Å². The molecule has 2 aromatic rings. The Bertz CT molecular complexity index is 680. The molecule has 0 atom stereocenters. The Morgan fingerprint density at radius 2 is 2.23 bits per heavy atom. The molecular weight excluding hydrogens is 300 g/mol. The Morgan fingerprint density at radius 3 is 2.86 bits per heavy atom. The number of aryl methyl sites for hydroxylation is 1. The molecule has 116 valence electrons. The largest absolute Gasteiger partial charge is 0.493 e. The van der Waals surface area contributed by atoms with E-state index in [1.165, 1.54) is 17.4 Å². The van der Waals surface area contributed by atoms with Crippen LogP contribution in [-0.4, -0.2) is 24.6 Å². The number of aromatic nitrogens is 1. The van der Waals surface area contributed by atoms with Crippen molar-refractivity contribution in [3.05, 3.63) is 40.9 Å². The lowest BCUT2D eigenvalue weighted by molar-refractivity contribution is -0.111. The highest BCUT2D eigenvalue weighted by molar-refractivity contribution is 7.13. The molecule has 1 heterocycles. The number of hydrogen-bond donors (Lipinski definition) is 1. The number of thiazole rings is 1. The van der Waals surface area contributed by atoms with Gasteiger partial charge in [0.05, 0.1) is 19.4 Å². The minimum Gasteiger partial charge on any atom is -0.493 e. The van der Waals surface area contributed by atoms with E-state index in [1.54, 1.807) is 13.2 Å². The summed E-state index contributed by atoms with van der Waals surface area (Å²) in [6.45, 7) is 4.37. The fourth-order valence-electron chi connectivity index (χ4n) is 1.79. The first-order valence-electron chi connectivity index (χ1n) is 6.84. The number of anilines is 1. The molecule has 1 amide bonds. The van der Waals surface area contributed by atoms with Crippen molar-refractivity contribution in [2.24, 2.45) is 0 Å².